The van der Waals surface area contributed by atoms with Crippen molar-refractivity contribution in [1.82, 2.24) is 9.62 Å². The largest absolute Gasteiger partial charge is 0.312 e. The Labute approximate surface area is 128 Å². The van der Waals surface area contributed by atoms with Gasteiger partial charge in [-0.05, 0) is 41.4 Å². The zero-order valence-corrected chi connectivity index (χ0v) is 14.8. The third-order valence-electron chi connectivity index (χ3n) is 2.66. The van der Waals surface area contributed by atoms with Gasteiger partial charge in [0.1, 0.15) is 4.90 Å². The smallest absolute Gasteiger partial charge is 0.244 e. The lowest BCUT2D eigenvalue weighted by Gasteiger charge is -2.15. The highest BCUT2D eigenvalue weighted by Gasteiger charge is 2.24. The minimum Gasteiger partial charge on any atom is -0.312 e. The first-order chi connectivity index (χ1) is 8.93. The topological polar surface area (TPSA) is 49.4 Å². The highest BCUT2D eigenvalue weighted by Crippen LogP contribution is 2.33. The Bertz CT molecular complexity index is 500. The molecule has 1 aromatic rings. The first kappa shape index (κ1) is 17.1. The molecule has 0 aliphatic heterocycles. The molecule has 110 valence electrons. The highest BCUT2D eigenvalue weighted by molar-refractivity contribution is 9.11. The Hall–Kier alpha value is 0.0500. The summed E-state index contributed by atoms with van der Waals surface area (Å²) in [6.07, 6.45) is 1.87. The Morgan fingerprint density at radius 1 is 1.37 bits per heavy atom. The summed E-state index contributed by atoms with van der Waals surface area (Å²) in [7, 11) is -1.75. The minimum absolute atomic E-state index is 0.377. The van der Waals surface area contributed by atoms with Gasteiger partial charge in [-0.2, -0.15) is 0 Å². The predicted octanol–water partition coefficient (Wildman–Crippen LogP) is 3.04. The van der Waals surface area contributed by atoms with E-state index in [0.29, 0.717) is 21.8 Å². The maximum Gasteiger partial charge on any atom is 0.244 e. The monoisotopic (exact) mass is 368 g/mol. The number of hydrogen-bond donors (Lipinski definition) is 1. The quantitative estimate of drug-likeness (QED) is 0.717. The second kappa shape index (κ2) is 7.73. The van der Waals surface area contributed by atoms with Crippen molar-refractivity contribution in [3.05, 3.63) is 14.7 Å². The molecule has 0 unspecified atom stereocenters. The van der Waals surface area contributed by atoms with E-state index in [9.17, 15) is 8.42 Å². The third-order valence-corrected chi connectivity index (χ3v) is 6.77. The fraction of sp³-hybridized carbons (Fsp3) is 0.667. The second-order valence-corrected chi connectivity index (χ2v) is 8.82. The lowest BCUT2D eigenvalue weighted by atomic mass is 10.4. The standard InChI is InChI=1S/C12H21BrN2O2S2/c1-4-6-14-9-10-8-11(12(13)18-10)19(16,17)15(3)7-5-2/h8,14H,4-7,9H2,1-3H3. The van der Waals surface area contributed by atoms with Crippen LogP contribution in [0.2, 0.25) is 0 Å². The Morgan fingerprint density at radius 2 is 2.05 bits per heavy atom. The van der Waals surface area contributed by atoms with E-state index < -0.39 is 10.0 Å². The molecule has 0 aliphatic carbocycles. The van der Waals surface area contributed by atoms with Crippen molar-refractivity contribution < 1.29 is 8.42 Å². The number of nitrogens with one attached hydrogen (secondary N) is 1. The summed E-state index contributed by atoms with van der Waals surface area (Å²) in [5, 5.41) is 3.28. The van der Waals surface area contributed by atoms with Crippen LogP contribution in [0.25, 0.3) is 0 Å². The summed E-state index contributed by atoms with van der Waals surface area (Å²) in [5.74, 6) is 0. The molecular formula is C12H21BrN2O2S2. The summed E-state index contributed by atoms with van der Waals surface area (Å²) < 4.78 is 26.8. The Kier molecular flexibility index (Phi) is 6.96. The molecule has 1 aromatic heterocycles. The zero-order valence-electron chi connectivity index (χ0n) is 11.6. The van der Waals surface area contributed by atoms with Crippen molar-refractivity contribution in [3.63, 3.8) is 0 Å². The molecule has 4 nitrogen and oxygen atoms in total. The van der Waals surface area contributed by atoms with Crippen molar-refractivity contribution in [1.29, 1.82) is 0 Å². The molecule has 1 N–H and O–H groups in total. The molecule has 0 atom stereocenters. The summed E-state index contributed by atoms with van der Waals surface area (Å²) >= 11 is 4.84. The number of hydrogen-bond acceptors (Lipinski definition) is 4. The summed E-state index contributed by atoms with van der Waals surface area (Å²) in [6, 6.07) is 1.76. The van der Waals surface area contributed by atoms with Crippen molar-refractivity contribution in [2.75, 3.05) is 20.1 Å². The molecule has 0 spiro atoms. The fourth-order valence-electron chi connectivity index (χ4n) is 1.65. The third kappa shape index (κ3) is 4.53. The number of nitrogens with zero attached hydrogens (tertiary/aromatic N) is 1. The van der Waals surface area contributed by atoms with Gasteiger partial charge in [0.2, 0.25) is 10.0 Å². The van der Waals surface area contributed by atoms with Gasteiger partial charge < -0.3 is 5.32 Å². The number of thiophene rings is 1. The van der Waals surface area contributed by atoms with Crippen molar-refractivity contribution in [2.24, 2.45) is 0 Å². The molecule has 7 heteroatoms. The molecule has 0 bridgehead atoms. The number of halogens is 1. The van der Waals surface area contributed by atoms with Gasteiger partial charge in [0.05, 0.1) is 3.79 Å². The normalized spacial score (nSPS) is 12.3. The van der Waals surface area contributed by atoms with Gasteiger partial charge in [-0.25, -0.2) is 12.7 Å². The molecule has 0 radical (unpaired) electrons. The molecule has 0 aliphatic rings. The summed E-state index contributed by atoms with van der Waals surface area (Å²) in [6.45, 7) is 6.26. The van der Waals surface area contributed by atoms with Crippen LogP contribution in [0, 0.1) is 0 Å². The van der Waals surface area contributed by atoms with Gasteiger partial charge in [-0.3, -0.25) is 0 Å². The van der Waals surface area contributed by atoms with E-state index in [4.69, 9.17) is 0 Å². The first-order valence-corrected chi connectivity index (χ1v) is 9.43. The summed E-state index contributed by atoms with van der Waals surface area (Å²) in [5.41, 5.74) is 0. The van der Waals surface area contributed by atoms with Crippen LogP contribution in [0.1, 0.15) is 31.6 Å². The lowest BCUT2D eigenvalue weighted by Crippen LogP contribution is -2.27. The Balaban J connectivity index is 2.89. The summed E-state index contributed by atoms with van der Waals surface area (Å²) in [4.78, 5) is 1.41. The first-order valence-electron chi connectivity index (χ1n) is 6.38. The molecule has 0 saturated heterocycles. The molecule has 0 fully saturated rings. The van der Waals surface area contributed by atoms with Gasteiger partial charge in [-0.15, -0.1) is 11.3 Å². The van der Waals surface area contributed by atoms with Crippen LogP contribution in [0.4, 0.5) is 0 Å². The van der Waals surface area contributed by atoms with Crippen LogP contribution in [-0.4, -0.2) is 32.9 Å². The predicted molar refractivity (Wildman–Crippen MR) is 84.1 cm³/mol. The molecule has 0 amide bonds. The molecular weight excluding hydrogens is 348 g/mol. The fourth-order valence-corrected chi connectivity index (χ4v) is 5.51. The van der Waals surface area contributed by atoms with E-state index in [0.717, 1.165) is 24.3 Å². The van der Waals surface area contributed by atoms with E-state index in [1.165, 1.54) is 15.6 Å². The van der Waals surface area contributed by atoms with Crippen LogP contribution in [0.3, 0.4) is 0 Å². The molecule has 19 heavy (non-hydrogen) atoms. The van der Waals surface area contributed by atoms with Gasteiger partial charge in [0, 0.05) is 25.0 Å². The molecule has 1 heterocycles. The van der Waals surface area contributed by atoms with Crippen molar-refractivity contribution in [3.8, 4) is 0 Å². The maximum atomic E-state index is 12.4. The number of sulfonamides is 1. The minimum atomic E-state index is -3.37. The lowest BCUT2D eigenvalue weighted by molar-refractivity contribution is 0.468. The van der Waals surface area contributed by atoms with Crippen LogP contribution in [-0.2, 0) is 16.6 Å². The van der Waals surface area contributed by atoms with E-state index in [-0.39, 0.29) is 0 Å². The van der Waals surface area contributed by atoms with Crippen LogP contribution in [0.15, 0.2) is 14.7 Å². The second-order valence-electron chi connectivity index (χ2n) is 4.35. The van der Waals surface area contributed by atoms with Crippen molar-refractivity contribution >= 4 is 37.3 Å². The zero-order chi connectivity index (χ0) is 14.5. The van der Waals surface area contributed by atoms with Gasteiger partial charge in [-0.1, -0.05) is 13.8 Å². The van der Waals surface area contributed by atoms with Gasteiger partial charge in [0.25, 0.3) is 0 Å². The molecule has 0 saturated carbocycles. The Morgan fingerprint density at radius 3 is 2.63 bits per heavy atom. The maximum absolute atomic E-state index is 12.4. The SMILES string of the molecule is CCCNCc1cc(S(=O)(=O)N(C)CCC)c(Br)s1. The van der Waals surface area contributed by atoms with E-state index >= 15 is 0 Å². The molecule has 0 aromatic carbocycles. The van der Waals surface area contributed by atoms with Gasteiger partial charge in [0.15, 0.2) is 0 Å². The van der Waals surface area contributed by atoms with Crippen LogP contribution >= 0.6 is 27.3 Å². The number of rotatable bonds is 8. The highest BCUT2D eigenvalue weighted by atomic mass is 79.9. The average molecular weight is 369 g/mol. The van der Waals surface area contributed by atoms with E-state index in [1.807, 2.05) is 6.92 Å². The van der Waals surface area contributed by atoms with Crippen LogP contribution in [0.5, 0.6) is 0 Å². The van der Waals surface area contributed by atoms with E-state index in [2.05, 4.69) is 28.2 Å². The van der Waals surface area contributed by atoms with E-state index in [1.54, 1.807) is 13.1 Å². The van der Waals surface area contributed by atoms with Gasteiger partial charge >= 0.3 is 0 Å². The molecule has 1 rings (SSSR count). The van der Waals surface area contributed by atoms with Crippen LogP contribution < -0.4 is 5.32 Å². The van der Waals surface area contributed by atoms with Crippen molar-refractivity contribution in [2.45, 2.75) is 38.1 Å². The average Bonchev–Trinajstić information content (AvgIpc) is 2.72.